The largest absolute Gasteiger partial charge is 0.484 e. The summed E-state index contributed by atoms with van der Waals surface area (Å²) in [6.45, 7) is 5.89. The number of benzene rings is 2. The number of amides is 1. The summed E-state index contributed by atoms with van der Waals surface area (Å²) in [4.78, 5) is 12.0. The molecular weight excluding hydrogens is 400 g/mol. The number of halogens is 1. The van der Waals surface area contributed by atoms with E-state index in [0.29, 0.717) is 22.4 Å². The van der Waals surface area contributed by atoms with E-state index in [-0.39, 0.29) is 23.5 Å². The highest BCUT2D eigenvalue weighted by Gasteiger charge is 2.21. The van der Waals surface area contributed by atoms with Gasteiger partial charge in [-0.15, -0.1) is 0 Å². The Morgan fingerprint density at radius 2 is 1.64 bits per heavy atom. The van der Waals surface area contributed by atoms with E-state index in [1.54, 1.807) is 24.3 Å². The summed E-state index contributed by atoms with van der Waals surface area (Å²) in [5.41, 5.74) is 0.472. The van der Waals surface area contributed by atoms with Gasteiger partial charge in [0.1, 0.15) is 5.75 Å². The van der Waals surface area contributed by atoms with Crippen LogP contribution in [-0.2, 0) is 14.8 Å². The molecule has 2 aromatic rings. The van der Waals surface area contributed by atoms with Gasteiger partial charge >= 0.3 is 0 Å². The van der Waals surface area contributed by atoms with Crippen molar-refractivity contribution in [2.45, 2.75) is 31.7 Å². The predicted molar refractivity (Wildman–Crippen MR) is 111 cm³/mol. The molecule has 28 heavy (non-hydrogen) atoms. The SMILES string of the molecule is CC(C)C(C)NC(=O)COc1ccc(N(C)S(=O)(=O)c2ccc(Cl)cc2)cc1. The normalized spacial score (nSPS) is 12.5. The number of hydrogen-bond donors (Lipinski definition) is 1. The first-order valence-electron chi connectivity index (χ1n) is 8.88. The zero-order valence-electron chi connectivity index (χ0n) is 16.3. The van der Waals surface area contributed by atoms with Crippen LogP contribution in [0.3, 0.4) is 0 Å². The fourth-order valence-corrected chi connectivity index (χ4v) is 3.59. The number of ether oxygens (including phenoxy) is 1. The summed E-state index contributed by atoms with van der Waals surface area (Å²) < 4.78 is 32.0. The van der Waals surface area contributed by atoms with Crippen LogP contribution in [0.25, 0.3) is 0 Å². The summed E-state index contributed by atoms with van der Waals surface area (Å²) >= 11 is 5.82. The Hall–Kier alpha value is -2.25. The second-order valence-electron chi connectivity index (χ2n) is 6.81. The predicted octanol–water partition coefficient (Wildman–Crippen LogP) is 3.70. The lowest BCUT2D eigenvalue weighted by atomic mass is 10.1. The van der Waals surface area contributed by atoms with Gasteiger partial charge < -0.3 is 10.1 Å². The minimum absolute atomic E-state index is 0.0604. The van der Waals surface area contributed by atoms with Crippen molar-refractivity contribution in [1.29, 1.82) is 0 Å². The molecule has 0 spiro atoms. The van der Waals surface area contributed by atoms with Crippen LogP contribution >= 0.6 is 11.6 Å². The molecule has 0 saturated carbocycles. The van der Waals surface area contributed by atoms with Crippen molar-refractivity contribution in [3.05, 3.63) is 53.6 Å². The average molecular weight is 425 g/mol. The monoisotopic (exact) mass is 424 g/mol. The van der Waals surface area contributed by atoms with Crippen molar-refractivity contribution in [3.8, 4) is 5.75 Å². The highest BCUT2D eigenvalue weighted by Crippen LogP contribution is 2.25. The second kappa shape index (κ2) is 9.30. The molecule has 0 heterocycles. The molecule has 0 aliphatic rings. The Morgan fingerprint density at radius 1 is 1.07 bits per heavy atom. The van der Waals surface area contributed by atoms with Gasteiger partial charge in [-0.2, -0.15) is 0 Å². The van der Waals surface area contributed by atoms with Crippen molar-refractivity contribution in [3.63, 3.8) is 0 Å². The Labute approximate surface area is 171 Å². The van der Waals surface area contributed by atoms with Crippen LogP contribution in [0.2, 0.25) is 5.02 Å². The van der Waals surface area contributed by atoms with Crippen LogP contribution in [0.4, 0.5) is 5.69 Å². The molecule has 8 heteroatoms. The number of carbonyl (C=O) groups is 1. The number of rotatable bonds is 8. The molecule has 1 unspecified atom stereocenters. The van der Waals surface area contributed by atoms with Crippen molar-refractivity contribution in [2.24, 2.45) is 5.92 Å². The molecule has 1 atom stereocenters. The number of hydrogen-bond acceptors (Lipinski definition) is 4. The molecule has 0 aliphatic heterocycles. The fourth-order valence-electron chi connectivity index (χ4n) is 2.27. The molecule has 0 bridgehead atoms. The third kappa shape index (κ3) is 5.62. The third-order valence-corrected chi connectivity index (χ3v) is 6.48. The van der Waals surface area contributed by atoms with E-state index in [0.717, 1.165) is 0 Å². The van der Waals surface area contributed by atoms with E-state index in [9.17, 15) is 13.2 Å². The number of nitrogens with zero attached hydrogens (tertiary/aromatic N) is 1. The molecule has 152 valence electrons. The standard InChI is InChI=1S/C20H25ClN2O4S/c1-14(2)15(3)22-20(24)13-27-18-9-7-17(8-10-18)23(4)28(25,26)19-11-5-16(21)6-12-19/h5-12,14-15H,13H2,1-4H3,(H,22,24). The van der Waals surface area contributed by atoms with E-state index in [2.05, 4.69) is 5.32 Å². The van der Waals surface area contributed by atoms with E-state index in [1.807, 2.05) is 20.8 Å². The van der Waals surface area contributed by atoms with E-state index in [1.165, 1.54) is 35.6 Å². The smallest absolute Gasteiger partial charge is 0.264 e. The highest BCUT2D eigenvalue weighted by atomic mass is 35.5. The van der Waals surface area contributed by atoms with Gasteiger partial charge in [0.2, 0.25) is 0 Å². The molecule has 0 radical (unpaired) electrons. The van der Waals surface area contributed by atoms with Gasteiger partial charge in [-0.1, -0.05) is 25.4 Å². The molecule has 0 fully saturated rings. The highest BCUT2D eigenvalue weighted by molar-refractivity contribution is 7.92. The lowest BCUT2D eigenvalue weighted by Crippen LogP contribution is -2.38. The maximum atomic E-state index is 12.7. The Kier molecular flexibility index (Phi) is 7.32. The molecule has 2 aromatic carbocycles. The number of nitrogens with one attached hydrogen (secondary N) is 1. The summed E-state index contributed by atoms with van der Waals surface area (Å²) in [5.74, 6) is 0.613. The van der Waals surface area contributed by atoms with Crippen LogP contribution in [0.1, 0.15) is 20.8 Å². The van der Waals surface area contributed by atoms with E-state index in [4.69, 9.17) is 16.3 Å². The van der Waals surface area contributed by atoms with Crippen LogP contribution in [0.5, 0.6) is 5.75 Å². The van der Waals surface area contributed by atoms with E-state index < -0.39 is 10.0 Å². The van der Waals surface area contributed by atoms with Gasteiger partial charge in [-0.05, 0) is 61.4 Å². The van der Waals surface area contributed by atoms with Crippen molar-refractivity contribution >= 4 is 33.2 Å². The summed E-state index contributed by atoms with van der Waals surface area (Å²) in [6, 6.07) is 12.5. The minimum atomic E-state index is -3.70. The Balaban J connectivity index is 2.01. The first kappa shape index (κ1) is 22.0. The Morgan fingerprint density at radius 3 is 2.18 bits per heavy atom. The molecule has 0 aliphatic carbocycles. The quantitative estimate of drug-likeness (QED) is 0.700. The molecular formula is C20H25ClN2O4S. The maximum absolute atomic E-state index is 12.7. The lowest BCUT2D eigenvalue weighted by molar-refractivity contribution is -0.124. The molecule has 6 nitrogen and oxygen atoms in total. The number of sulfonamides is 1. The number of carbonyl (C=O) groups excluding carboxylic acids is 1. The zero-order valence-corrected chi connectivity index (χ0v) is 17.9. The third-order valence-electron chi connectivity index (χ3n) is 4.43. The zero-order chi connectivity index (χ0) is 20.9. The van der Waals surface area contributed by atoms with Crippen LogP contribution in [-0.4, -0.2) is 34.0 Å². The first-order chi connectivity index (χ1) is 13.1. The summed E-state index contributed by atoms with van der Waals surface area (Å²) in [5, 5.41) is 3.33. The van der Waals surface area contributed by atoms with E-state index >= 15 is 0 Å². The van der Waals surface area contributed by atoms with Crippen LogP contribution in [0, 0.1) is 5.92 Å². The molecule has 2 rings (SSSR count). The molecule has 1 N–H and O–H groups in total. The van der Waals surface area contributed by atoms with Gasteiger partial charge in [0.05, 0.1) is 10.6 Å². The molecule has 0 aromatic heterocycles. The molecule has 0 saturated heterocycles. The summed E-state index contributed by atoms with van der Waals surface area (Å²) in [7, 11) is -2.23. The van der Waals surface area contributed by atoms with Crippen molar-refractivity contribution in [1.82, 2.24) is 5.32 Å². The van der Waals surface area contributed by atoms with Crippen molar-refractivity contribution in [2.75, 3.05) is 18.0 Å². The molecule has 1 amide bonds. The fraction of sp³-hybridized carbons (Fsp3) is 0.350. The Bertz CT molecular complexity index is 897. The second-order valence-corrected chi connectivity index (χ2v) is 9.21. The van der Waals surface area contributed by atoms with Gasteiger partial charge in [-0.25, -0.2) is 8.42 Å². The van der Waals surface area contributed by atoms with Crippen LogP contribution < -0.4 is 14.4 Å². The van der Waals surface area contributed by atoms with Crippen molar-refractivity contribution < 1.29 is 17.9 Å². The average Bonchev–Trinajstić information content (AvgIpc) is 2.66. The van der Waals surface area contributed by atoms with Gasteiger partial charge in [0, 0.05) is 18.1 Å². The topological polar surface area (TPSA) is 75.7 Å². The lowest BCUT2D eigenvalue weighted by Gasteiger charge is -2.20. The summed E-state index contributed by atoms with van der Waals surface area (Å²) in [6.07, 6.45) is 0. The number of anilines is 1. The van der Waals surface area contributed by atoms with Gasteiger partial charge in [-0.3, -0.25) is 9.10 Å². The van der Waals surface area contributed by atoms with Gasteiger partial charge in [0.25, 0.3) is 15.9 Å². The van der Waals surface area contributed by atoms with Crippen LogP contribution in [0.15, 0.2) is 53.4 Å². The first-order valence-corrected chi connectivity index (χ1v) is 10.7. The van der Waals surface area contributed by atoms with Gasteiger partial charge in [0.15, 0.2) is 6.61 Å². The maximum Gasteiger partial charge on any atom is 0.264 e. The minimum Gasteiger partial charge on any atom is -0.484 e.